The van der Waals surface area contributed by atoms with Gasteiger partial charge >= 0.3 is 5.69 Å². The van der Waals surface area contributed by atoms with Gasteiger partial charge in [0.25, 0.3) is 5.88 Å². The Labute approximate surface area is 99.6 Å². The molecule has 1 aromatic heterocycles. The van der Waals surface area contributed by atoms with Gasteiger partial charge in [0, 0.05) is 19.7 Å². The molecule has 0 atom stereocenters. The third-order valence-corrected chi connectivity index (χ3v) is 2.07. The van der Waals surface area contributed by atoms with Gasteiger partial charge in [-0.15, -0.1) is 0 Å². The summed E-state index contributed by atoms with van der Waals surface area (Å²) in [7, 11) is 5.49. The van der Waals surface area contributed by atoms with Gasteiger partial charge in [-0.1, -0.05) is 0 Å². The fourth-order valence-corrected chi connectivity index (χ4v) is 1.14. The van der Waals surface area contributed by atoms with Crippen LogP contribution in [0.1, 0.15) is 0 Å². The number of rotatable bonds is 6. The van der Waals surface area contributed by atoms with Crippen molar-refractivity contribution in [1.29, 1.82) is 0 Å². The zero-order chi connectivity index (χ0) is 12.8. The maximum atomic E-state index is 10.8. The molecule has 0 aliphatic heterocycles. The van der Waals surface area contributed by atoms with Crippen molar-refractivity contribution in [1.82, 2.24) is 9.88 Å². The Morgan fingerprint density at radius 1 is 1.53 bits per heavy atom. The first-order chi connectivity index (χ1) is 8.04. The number of likely N-dealkylation sites (N-methyl/N-ethyl adjacent to an activating group) is 1. The van der Waals surface area contributed by atoms with Crippen molar-refractivity contribution < 1.29 is 9.66 Å². The lowest BCUT2D eigenvalue weighted by Gasteiger charge is -2.11. The number of nitrogens with one attached hydrogen (secondary N) is 1. The normalized spacial score (nSPS) is 10.4. The third-order valence-electron chi connectivity index (χ3n) is 2.07. The lowest BCUT2D eigenvalue weighted by atomic mass is 10.4. The van der Waals surface area contributed by atoms with Gasteiger partial charge < -0.3 is 15.0 Å². The van der Waals surface area contributed by atoms with Crippen LogP contribution in [0.5, 0.6) is 5.88 Å². The van der Waals surface area contributed by atoms with Crippen molar-refractivity contribution >= 4 is 11.5 Å². The predicted molar refractivity (Wildman–Crippen MR) is 64.5 cm³/mol. The second-order valence-corrected chi connectivity index (χ2v) is 3.68. The van der Waals surface area contributed by atoms with Crippen LogP contribution in [-0.4, -0.2) is 49.1 Å². The Morgan fingerprint density at radius 3 is 2.76 bits per heavy atom. The number of hydrogen-bond acceptors (Lipinski definition) is 6. The van der Waals surface area contributed by atoms with Crippen LogP contribution in [-0.2, 0) is 0 Å². The average Bonchev–Trinajstić information content (AvgIpc) is 2.28. The SMILES string of the molecule is CNc1ccc([N+](=O)[O-])c(OCCN(C)C)n1. The van der Waals surface area contributed by atoms with Crippen molar-refractivity contribution in [2.75, 3.05) is 39.6 Å². The van der Waals surface area contributed by atoms with Gasteiger partial charge in [-0.2, -0.15) is 4.98 Å². The van der Waals surface area contributed by atoms with Crippen LogP contribution < -0.4 is 10.1 Å². The van der Waals surface area contributed by atoms with E-state index in [0.717, 1.165) is 0 Å². The van der Waals surface area contributed by atoms with Crippen molar-refractivity contribution in [3.05, 3.63) is 22.2 Å². The number of anilines is 1. The molecule has 0 aromatic carbocycles. The Morgan fingerprint density at radius 2 is 2.24 bits per heavy atom. The zero-order valence-electron chi connectivity index (χ0n) is 10.1. The number of hydrogen-bond donors (Lipinski definition) is 1. The van der Waals surface area contributed by atoms with Crippen LogP contribution in [0.15, 0.2) is 12.1 Å². The van der Waals surface area contributed by atoms with Crippen LogP contribution in [0.4, 0.5) is 11.5 Å². The molecular formula is C10H16N4O3. The number of nitro groups is 1. The minimum Gasteiger partial charge on any atom is -0.471 e. The molecule has 0 spiro atoms. The molecule has 0 aliphatic rings. The Hall–Kier alpha value is -1.89. The van der Waals surface area contributed by atoms with Gasteiger partial charge in [-0.3, -0.25) is 10.1 Å². The summed E-state index contributed by atoms with van der Waals surface area (Å²) in [4.78, 5) is 16.2. The van der Waals surface area contributed by atoms with E-state index in [-0.39, 0.29) is 11.6 Å². The molecule has 1 N–H and O–H groups in total. The van der Waals surface area contributed by atoms with E-state index in [2.05, 4.69) is 10.3 Å². The van der Waals surface area contributed by atoms with E-state index in [9.17, 15) is 10.1 Å². The summed E-state index contributed by atoms with van der Waals surface area (Å²) in [5, 5.41) is 13.6. The van der Waals surface area contributed by atoms with Crippen LogP contribution >= 0.6 is 0 Å². The highest BCUT2D eigenvalue weighted by atomic mass is 16.6. The van der Waals surface area contributed by atoms with E-state index in [1.165, 1.54) is 12.1 Å². The highest BCUT2D eigenvalue weighted by Crippen LogP contribution is 2.25. The van der Waals surface area contributed by atoms with E-state index < -0.39 is 4.92 Å². The maximum absolute atomic E-state index is 10.8. The van der Waals surface area contributed by atoms with Gasteiger partial charge in [0.1, 0.15) is 12.4 Å². The van der Waals surface area contributed by atoms with Crippen LogP contribution in [0.25, 0.3) is 0 Å². The summed E-state index contributed by atoms with van der Waals surface area (Å²) < 4.78 is 5.32. The largest absolute Gasteiger partial charge is 0.471 e. The minimum atomic E-state index is -0.503. The van der Waals surface area contributed by atoms with Crippen LogP contribution in [0.3, 0.4) is 0 Å². The molecule has 0 radical (unpaired) electrons. The highest BCUT2D eigenvalue weighted by molar-refractivity contribution is 5.48. The summed E-state index contributed by atoms with van der Waals surface area (Å²) in [6, 6.07) is 2.92. The fraction of sp³-hybridized carbons (Fsp3) is 0.500. The van der Waals surface area contributed by atoms with Crippen LogP contribution in [0.2, 0.25) is 0 Å². The summed E-state index contributed by atoms with van der Waals surface area (Å²) in [6.45, 7) is 1.02. The first-order valence-corrected chi connectivity index (χ1v) is 5.15. The first-order valence-electron chi connectivity index (χ1n) is 5.15. The molecule has 94 valence electrons. The molecule has 0 unspecified atom stereocenters. The minimum absolute atomic E-state index is 0.0451. The zero-order valence-corrected chi connectivity index (χ0v) is 10.1. The van der Waals surface area contributed by atoms with E-state index in [4.69, 9.17) is 4.74 Å². The fourth-order valence-electron chi connectivity index (χ4n) is 1.14. The van der Waals surface area contributed by atoms with Gasteiger partial charge in [0.15, 0.2) is 0 Å². The molecule has 0 fully saturated rings. The first kappa shape index (κ1) is 13.2. The van der Waals surface area contributed by atoms with Crippen molar-refractivity contribution in [3.63, 3.8) is 0 Å². The smallest absolute Gasteiger partial charge is 0.331 e. The third kappa shape index (κ3) is 3.87. The Bertz CT molecular complexity index is 395. The molecule has 0 amide bonds. The van der Waals surface area contributed by atoms with Gasteiger partial charge in [-0.25, -0.2) is 0 Å². The molecule has 7 nitrogen and oxygen atoms in total. The molecule has 0 saturated carbocycles. The molecule has 7 heteroatoms. The Balaban J connectivity index is 2.82. The summed E-state index contributed by atoms with van der Waals surface area (Å²) in [6.07, 6.45) is 0. The molecule has 0 aliphatic carbocycles. The second kappa shape index (κ2) is 6.00. The predicted octanol–water partition coefficient (Wildman–Crippen LogP) is 0.972. The van der Waals surface area contributed by atoms with E-state index in [1.54, 1.807) is 7.05 Å². The maximum Gasteiger partial charge on any atom is 0.331 e. The lowest BCUT2D eigenvalue weighted by Crippen LogP contribution is -2.20. The summed E-state index contributed by atoms with van der Waals surface area (Å²) in [5.74, 6) is 0.583. The molecule has 17 heavy (non-hydrogen) atoms. The number of nitrogens with zero attached hydrogens (tertiary/aromatic N) is 3. The quantitative estimate of drug-likeness (QED) is 0.589. The molecule has 0 saturated heterocycles. The monoisotopic (exact) mass is 240 g/mol. The molecule has 1 aromatic rings. The molecule has 1 heterocycles. The Kier molecular flexibility index (Phi) is 4.65. The molecular weight excluding hydrogens is 224 g/mol. The van der Waals surface area contributed by atoms with E-state index in [0.29, 0.717) is 19.0 Å². The molecule has 1 rings (SSSR count). The lowest BCUT2D eigenvalue weighted by molar-refractivity contribution is -0.386. The number of aromatic nitrogens is 1. The topological polar surface area (TPSA) is 80.5 Å². The van der Waals surface area contributed by atoms with Gasteiger partial charge in [0.2, 0.25) is 0 Å². The highest BCUT2D eigenvalue weighted by Gasteiger charge is 2.17. The van der Waals surface area contributed by atoms with E-state index >= 15 is 0 Å². The second-order valence-electron chi connectivity index (χ2n) is 3.68. The van der Waals surface area contributed by atoms with Crippen LogP contribution in [0, 0.1) is 10.1 Å². The number of ether oxygens (including phenoxy) is 1. The van der Waals surface area contributed by atoms with Crippen molar-refractivity contribution in [3.8, 4) is 5.88 Å². The van der Waals surface area contributed by atoms with Crippen molar-refractivity contribution in [2.45, 2.75) is 0 Å². The van der Waals surface area contributed by atoms with Crippen molar-refractivity contribution in [2.24, 2.45) is 0 Å². The number of pyridine rings is 1. The van der Waals surface area contributed by atoms with Gasteiger partial charge in [0.05, 0.1) is 4.92 Å². The average molecular weight is 240 g/mol. The molecule has 0 bridgehead atoms. The summed E-state index contributed by atoms with van der Waals surface area (Å²) >= 11 is 0. The standard InChI is InChI=1S/C10H16N4O3/c1-11-9-5-4-8(14(15)16)10(12-9)17-7-6-13(2)3/h4-5H,6-7H2,1-3H3,(H,11,12). The summed E-state index contributed by atoms with van der Waals surface area (Å²) in [5.41, 5.74) is -0.122. The van der Waals surface area contributed by atoms with E-state index in [1.807, 2.05) is 19.0 Å². The van der Waals surface area contributed by atoms with Gasteiger partial charge in [-0.05, 0) is 20.2 Å².